The Morgan fingerprint density at radius 1 is 1.25 bits per heavy atom. The normalized spacial score (nSPS) is 22.3. The Morgan fingerprint density at radius 3 is 2.17 bits per heavy atom. The van der Waals surface area contributed by atoms with Crippen LogP contribution in [0.4, 0.5) is 0 Å². The molecule has 0 atom stereocenters. The van der Waals surface area contributed by atoms with Crippen LogP contribution in [0.3, 0.4) is 0 Å². The fraction of sp³-hybridized carbons (Fsp3) is 0.818. The van der Waals surface area contributed by atoms with Gasteiger partial charge in [0.15, 0.2) is 0 Å². The van der Waals surface area contributed by atoms with Gasteiger partial charge in [0.1, 0.15) is 0 Å². The van der Waals surface area contributed by atoms with Crippen molar-refractivity contribution in [3.8, 4) is 0 Å². The van der Waals surface area contributed by atoms with Gasteiger partial charge in [-0.3, -0.25) is 0 Å². The molecule has 0 aromatic rings. The van der Waals surface area contributed by atoms with E-state index in [1.807, 2.05) is 20.1 Å². The third kappa shape index (κ3) is 4.42. The van der Waals surface area contributed by atoms with Crippen LogP contribution in [-0.2, 0) is 4.74 Å². The van der Waals surface area contributed by atoms with Gasteiger partial charge in [-0.15, -0.1) is 0 Å². The summed E-state index contributed by atoms with van der Waals surface area (Å²) in [5, 5.41) is 0. The van der Waals surface area contributed by atoms with Crippen LogP contribution in [0, 0.1) is 5.92 Å². The van der Waals surface area contributed by atoms with Gasteiger partial charge in [0.05, 0.1) is 13.4 Å². The average molecular weight is 170 g/mol. The second-order valence-corrected chi connectivity index (χ2v) is 3.19. The van der Waals surface area contributed by atoms with E-state index in [0.717, 1.165) is 5.92 Å². The van der Waals surface area contributed by atoms with E-state index in [-0.39, 0.29) is 0 Å². The fourth-order valence-electron chi connectivity index (χ4n) is 1.42. The SMILES string of the molecule is CC.COC=C1CCC(C)CC1. The van der Waals surface area contributed by atoms with Gasteiger partial charge < -0.3 is 4.74 Å². The van der Waals surface area contributed by atoms with Gasteiger partial charge in [0, 0.05) is 0 Å². The maximum absolute atomic E-state index is 4.95. The number of allylic oxidation sites excluding steroid dienone is 1. The zero-order chi connectivity index (χ0) is 9.40. The molecular weight excluding hydrogens is 148 g/mol. The minimum Gasteiger partial charge on any atom is -0.504 e. The lowest BCUT2D eigenvalue weighted by atomic mass is 9.88. The molecule has 0 N–H and O–H groups in total. The minimum absolute atomic E-state index is 0.925. The van der Waals surface area contributed by atoms with Crippen molar-refractivity contribution in [3.63, 3.8) is 0 Å². The first-order chi connectivity index (χ1) is 5.83. The summed E-state index contributed by atoms with van der Waals surface area (Å²) in [6.45, 7) is 6.32. The van der Waals surface area contributed by atoms with E-state index in [1.165, 1.54) is 31.3 Å². The monoisotopic (exact) mass is 170 g/mol. The molecule has 1 saturated carbocycles. The maximum atomic E-state index is 4.95. The van der Waals surface area contributed by atoms with Gasteiger partial charge >= 0.3 is 0 Å². The van der Waals surface area contributed by atoms with Crippen LogP contribution in [0.5, 0.6) is 0 Å². The highest BCUT2D eigenvalue weighted by atomic mass is 16.5. The molecule has 1 rings (SSSR count). The van der Waals surface area contributed by atoms with Crippen molar-refractivity contribution in [1.29, 1.82) is 0 Å². The van der Waals surface area contributed by atoms with Gasteiger partial charge in [-0.1, -0.05) is 20.8 Å². The predicted molar refractivity (Wildman–Crippen MR) is 54.1 cm³/mol. The van der Waals surface area contributed by atoms with E-state index >= 15 is 0 Å². The molecule has 0 aliphatic heterocycles. The number of rotatable bonds is 1. The van der Waals surface area contributed by atoms with Crippen molar-refractivity contribution in [2.75, 3.05) is 7.11 Å². The Labute approximate surface area is 76.8 Å². The number of hydrogen-bond donors (Lipinski definition) is 0. The highest BCUT2D eigenvalue weighted by Crippen LogP contribution is 2.27. The molecule has 0 amide bonds. The minimum atomic E-state index is 0.925. The van der Waals surface area contributed by atoms with E-state index in [0.29, 0.717) is 0 Å². The molecule has 12 heavy (non-hydrogen) atoms. The second kappa shape index (κ2) is 7.20. The average Bonchev–Trinajstić information content (AvgIpc) is 2.13. The first-order valence-corrected chi connectivity index (χ1v) is 5.03. The molecule has 0 radical (unpaired) electrons. The van der Waals surface area contributed by atoms with Crippen molar-refractivity contribution in [3.05, 3.63) is 11.8 Å². The van der Waals surface area contributed by atoms with E-state index in [2.05, 4.69) is 6.92 Å². The summed E-state index contributed by atoms with van der Waals surface area (Å²) in [6.07, 6.45) is 7.08. The lowest BCUT2D eigenvalue weighted by Gasteiger charge is -2.19. The van der Waals surface area contributed by atoms with E-state index in [1.54, 1.807) is 7.11 Å². The van der Waals surface area contributed by atoms with Crippen molar-refractivity contribution in [1.82, 2.24) is 0 Å². The van der Waals surface area contributed by atoms with Crippen LogP contribution in [0.1, 0.15) is 46.5 Å². The van der Waals surface area contributed by atoms with Crippen molar-refractivity contribution < 1.29 is 4.74 Å². The fourth-order valence-corrected chi connectivity index (χ4v) is 1.42. The zero-order valence-corrected chi connectivity index (χ0v) is 8.89. The topological polar surface area (TPSA) is 9.23 Å². The molecule has 1 nitrogen and oxygen atoms in total. The lowest BCUT2D eigenvalue weighted by Crippen LogP contribution is -2.03. The molecular formula is C11H22O. The molecule has 1 aliphatic rings. The lowest BCUT2D eigenvalue weighted by molar-refractivity contribution is 0.323. The van der Waals surface area contributed by atoms with Crippen LogP contribution in [0.25, 0.3) is 0 Å². The van der Waals surface area contributed by atoms with Crippen molar-refractivity contribution in [2.24, 2.45) is 5.92 Å². The van der Waals surface area contributed by atoms with Crippen LogP contribution in [0.15, 0.2) is 11.8 Å². The Kier molecular flexibility index (Phi) is 6.93. The molecule has 0 heterocycles. The summed E-state index contributed by atoms with van der Waals surface area (Å²) >= 11 is 0. The molecule has 72 valence electrons. The van der Waals surface area contributed by atoms with Crippen LogP contribution in [0.2, 0.25) is 0 Å². The van der Waals surface area contributed by atoms with E-state index in [4.69, 9.17) is 4.74 Å². The van der Waals surface area contributed by atoms with Crippen LogP contribution >= 0.6 is 0 Å². The molecule has 0 aromatic heterocycles. The molecule has 1 aliphatic carbocycles. The van der Waals surface area contributed by atoms with Gasteiger partial charge in [0.25, 0.3) is 0 Å². The van der Waals surface area contributed by atoms with E-state index in [9.17, 15) is 0 Å². The third-order valence-electron chi connectivity index (χ3n) is 2.20. The van der Waals surface area contributed by atoms with Crippen molar-refractivity contribution >= 4 is 0 Å². The first kappa shape index (κ1) is 11.5. The third-order valence-corrected chi connectivity index (χ3v) is 2.20. The number of methoxy groups -OCH3 is 1. The van der Waals surface area contributed by atoms with Gasteiger partial charge in [0.2, 0.25) is 0 Å². The summed E-state index contributed by atoms with van der Waals surface area (Å²) in [5.74, 6) is 0.925. The van der Waals surface area contributed by atoms with Gasteiger partial charge in [-0.05, 0) is 37.2 Å². The molecule has 1 fully saturated rings. The molecule has 0 saturated heterocycles. The zero-order valence-electron chi connectivity index (χ0n) is 8.89. The highest BCUT2D eigenvalue weighted by molar-refractivity contribution is 5.01. The summed E-state index contributed by atoms with van der Waals surface area (Å²) in [5.41, 5.74) is 1.49. The Balaban J connectivity index is 0.000000561. The summed E-state index contributed by atoms with van der Waals surface area (Å²) in [6, 6.07) is 0. The Morgan fingerprint density at radius 2 is 1.75 bits per heavy atom. The summed E-state index contributed by atoms with van der Waals surface area (Å²) in [4.78, 5) is 0. The van der Waals surface area contributed by atoms with Gasteiger partial charge in [-0.2, -0.15) is 0 Å². The van der Waals surface area contributed by atoms with E-state index < -0.39 is 0 Å². The molecule has 0 aromatic carbocycles. The Hall–Kier alpha value is -0.460. The second-order valence-electron chi connectivity index (χ2n) is 3.19. The molecule has 0 spiro atoms. The first-order valence-electron chi connectivity index (χ1n) is 5.03. The number of hydrogen-bond acceptors (Lipinski definition) is 1. The Bertz CT molecular complexity index is 117. The van der Waals surface area contributed by atoms with Crippen LogP contribution in [-0.4, -0.2) is 7.11 Å². The quantitative estimate of drug-likeness (QED) is 0.544. The van der Waals surface area contributed by atoms with Gasteiger partial charge in [-0.25, -0.2) is 0 Å². The number of ether oxygens (including phenoxy) is 1. The largest absolute Gasteiger partial charge is 0.504 e. The smallest absolute Gasteiger partial charge is 0.0816 e. The highest BCUT2D eigenvalue weighted by Gasteiger charge is 2.11. The summed E-state index contributed by atoms with van der Waals surface area (Å²) in [7, 11) is 1.73. The van der Waals surface area contributed by atoms with Crippen molar-refractivity contribution in [2.45, 2.75) is 46.5 Å². The molecule has 1 heteroatoms. The summed E-state index contributed by atoms with van der Waals surface area (Å²) < 4.78 is 4.95. The molecule has 0 bridgehead atoms. The molecule has 0 unspecified atom stereocenters. The standard InChI is InChI=1S/C9H16O.C2H6/c1-8-3-5-9(6-4-8)7-10-2;1-2/h7-8H,3-6H2,1-2H3;1-2H3. The predicted octanol–water partition coefficient (Wildman–Crippen LogP) is 3.75. The maximum Gasteiger partial charge on any atom is 0.0816 e. The van der Waals surface area contributed by atoms with Crippen LogP contribution < -0.4 is 0 Å².